The molecule has 29 nitrogen and oxygen atoms in total. The van der Waals surface area contributed by atoms with Gasteiger partial charge in [0, 0.05) is 99.5 Å². The first kappa shape index (κ1) is 93.8. The maximum atomic E-state index is 12.7. The van der Waals surface area contributed by atoms with Crippen LogP contribution in [0.15, 0.2) is 76.9 Å². The van der Waals surface area contributed by atoms with Gasteiger partial charge in [0.25, 0.3) is 0 Å². The lowest BCUT2D eigenvalue weighted by molar-refractivity contribution is -0.890. The van der Waals surface area contributed by atoms with Crippen molar-refractivity contribution in [3.05, 3.63) is 80.5 Å². The van der Waals surface area contributed by atoms with Crippen molar-refractivity contribution in [3.8, 4) is 0 Å². The standard InChI is InChI=1S/C39H65N4O10.C34H55N3O12.HI/c1-6-40-33-41-14-10-15-43(4,5)16-18-47-20-22-49-24-26-51-28-30-52-29-27-50-25-23-48-21-19-46-17-9-11-37(44)36-31-34-12-13-35(42(7-2)8-3)32-38(34)53-39(36)45;1-3-37(4-2)29-8-7-28-26-30(34(40)49-32(28)27-29)31(38)6-5-10-41-12-14-43-16-18-45-20-22-47-24-25-48-23-21-46-19-17-44-15-13-42-11-9-33(39)36-35;/h12-13,31-32H,6-11,14-30H2,1-5H3;7-8,26-27H,3-6,9-25,35H2,1-2H3,(H,36,39);1H/q+1;;/p-1. The van der Waals surface area contributed by atoms with Gasteiger partial charge in [-0.15, -0.1) is 0 Å². The van der Waals surface area contributed by atoms with Crippen LogP contribution in [0.2, 0.25) is 0 Å². The van der Waals surface area contributed by atoms with Gasteiger partial charge in [-0.2, -0.15) is 0 Å². The molecule has 3 N–H and O–H groups in total. The van der Waals surface area contributed by atoms with Gasteiger partial charge in [-0.05, 0) is 83.9 Å². The van der Waals surface area contributed by atoms with Crippen LogP contribution in [0.25, 0.3) is 21.9 Å². The van der Waals surface area contributed by atoms with Crippen LogP contribution in [-0.2, 0) is 75.8 Å². The molecule has 0 spiro atoms. The summed E-state index contributed by atoms with van der Waals surface area (Å²) in [4.78, 5) is 73.6. The summed E-state index contributed by atoms with van der Waals surface area (Å²) in [6.07, 6.45) is 2.62. The lowest BCUT2D eigenvalue weighted by atomic mass is 10.1. The summed E-state index contributed by atoms with van der Waals surface area (Å²) in [5, 5.41) is 1.45. The number of nitrogens with two attached hydrogens (primary N) is 1. The molecular formula is C73H120IN7O22. The normalized spacial score (nSPS) is 11.3. The van der Waals surface area contributed by atoms with E-state index < -0.39 is 11.3 Å². The third kappa shape index (κ3) is 45.7. The highest BCUT2D eigenvalue weighted by Crippen LogP contribution is 2.24. The predicted octanol–water partition coefficient (Wildman–Crippen LogP) is 3.50. The molecule has 103 heavy (non-hydrogen) atoms. The number of ketones is 2. The highest BCUT2D eigenvalue weighted by Gasteiger charge is 2.18. The van der Waals surface area contributed by atoms with E-state index in [1.807, 2.05) is 48.7 Å². The van der Waals surface area contributed by atoms with Gasteiger partial charge in [0.1, 0.15) is 28.8 Å². The van der Waals surface area contributed by atoms with Crippen LogP contribution in [-0.4, -0.2) is 293 Å². The molecule has 2 aromatic heterocycles. The Morgan fingerprint density at radius 2 is 0.728 bits per heavy atom. The van der Waals surface area contributed by atoms with E-state index in [1.54, 1.807) is 12.1 Å². The highest BCUT2D eigenvalue weighted by atomic mass is 127. The van der Waals surface area contributed by atoms with E-state index in [4.69, 9.17) is 85.7 Å². The molecular weight excluding hydrogens is 1450 g/mol. The number of carbonyl (C=O) groups excluding carboxylic acids is 3. The van der Waals surface area contributed by atoms with Gasteiger partial charge in [-0.1, -0.05) is 0 Å². The van der Waals surface area contributed by atoms with Gasteiger partial charge < -0.3 is 118 Å². The number of anilines is 2. The van der Waals surface area contributed by atoms with E-state index in [0.717, 1.165) is 85.4 Å². The van der Waals surface area contributed by atoms with Crippen molar-refractivity contribution in [3.63, 3.8) is 0 Å². The molecule has 0 fully saturated rings. The fraction of sp³-hybridized carbons (Fsp3) is 0.699. The van der Waals surface area contributed by atoms with E-state index in [-0.39, 0.29) is 71.8 Å². The van der Waals surface area contributed by atoms with Crippen LogP contribution in [0.1, 0.15) is 93.9 Å². The van der Waals surface area contributed by atoms with Gasteiger partial charge >= 0.3 is 11.3 Å². The van der Waals surface area contributed by atoms with Crippen molar-refractivity contribution < 1.29 is 123 Å². The van der Waals surface area contributed by atoms with Crippen molar-refractivity contribution in [1.29, 1.82) is 0 Å². The first-order valence-electron chi connectivity index (χ1n) is 36.1. The number of nitrogens with zero attached hydrogens (tertiary/aromatic N) is 5. The number of quaternary nitrogens is 1. The number of fused-ring (bicyclic) bond motifs is 2. The number of halogens is 1. The average molecular weight is 1570 g/mol. The summed E-state index contributed by atoms with van der Waals surface area (Å²) in [6, 6.07) is 17.3. The molecule has 4 rings (SSSR count). The number of likely N-dealkylation sites (N-methyl/N-ethyl adjacent to an activating group) is 1. The second-order valence-electron chi connectivity index (χ2n) is 23.4. The highest BCUT2D eigenvalue weighted by molar-refractivity contribution is 5.99. The van der Waals surface area contributed by atoms with Crippen molar-refractivity contribution in [1.82, 2.24) is 5.43 Å². The monoisotopic (exact) mass is 1570 g/mol. The zero-order valence-corrected chi connectivity index (χ0v) is 64.6. The largest absolute Gasteiger partial charge is 1.00 e. The lowest BCUT2D eigenvalue weighted by Crippen LogP contribution is -3.00. The number of benzene rings is 2. The van der Waals surface area contributed by atoms with Gasteiger partial charge in [-0.25, -0.2) is 25.4 Å². The Hall–Kier alpha value is -5.30. The Balaban J connectivity index is 0.000000695. The van der Waals surface area contributed by atoms with Gasteiger partial charge in [0.15, 0.2) is 11.6 Å². The number of carbonyl (C=O) groups is 3. The van der Waals surface area contributed by atoms with Crippen LogP contribution in [0.4, 0.5) is 11.4 Å². The number of hydrazine groups is 1. The Morgan fingerprint density at radius 1 is 0.417 bits per heavy atom. The molecule has 0 aliphatic heterocycles. The molecule has 586 valence electrons. The van der Waals surface area contributed by atoms with Gasteiger partial charge in [-0.3, -0.25) is 19.8 Å². The molecule has 0 unspecified atom stereocenters. The topological polar surface area (TPSA) is 319 Å². The van der Waals surface area contributed by atoms with Crippen LogP contribution >= 0.6 is 0 Å². The van der Waals surface area contributed by atoms with Gasteiger partial charge in [0.2, 0.25) is 5.91 Å². The van der Waals surface area contributed by atoms with Gasteiger partial charge in [0.05, 0.1) is 225 Å². The van der Waals surface area contributed by atoms with Crippen LogP contribution in [0.3, 0.4) is 0 Å². The minimum Gasteiger partial charge on any atom is -1.00 e. The number of nitrogens with one attached hydrogen (secondary N) is 1. The maximum Gasteiger partial charge on any atom is 0.347 e. The molecule has 0 aliphatic carbocycles. The molecule has 1 amide bonds. The molecule has 0 aliphatic rings. The molecule has 4 aromatic rings. The number of ether oxygens (including phenoxy) is 15. The van der Waals surface area contributed by atoms with Crippen LogP contribution in [0.5, 0.6) is 0 Å². The molecule has 0 radical (unpaired) electrons. The van der Waals surface area contributed by atoms with Crippen molar-refractivity contribution in [2.75, 3.05) is 274 Å². The number of aliphatic imine (C=N–C) groups is 2. The lowest BCUT2D eigenvalue weighted by Gasteiger charge is -2.29. The van der Waals surface area contributed by atoms with Crippen LogP contribution in [0, 0.1) is 0 Å². The quantitative estimate of drug-likeness (QED) is 0.00735. The molecule has 0 saturated carbocycles. The fourth-order valence-corrected chi connectivity index (χ4v) is 9.57. The number of amides is 1. The van der Waals surface area contributed by atoms with Crippen LogP contribution < -0.4 is 56.3 Å². The maximum absolute atomic E-state index is 12.7. The first-order valence-corrected chi connectivity index (χ1v) is 36.1. The molecule has 2 aromatic carbocycles. The Morgan fingerprint density at radius 3 is 1.04 bits per heavy atom. The van der Waals surface area contributed by atoms with E-state index >= 15 is 0 Å². The second kappa shape index (κ2) is 62.9. The Labute approximate surface area is 625 Å². The number of hydrogen-bond acceptors (Lipinski definition) is 27. The summed E-state index contributed by atoms with van der Waals surface area (Å²) >= 11 is 0. The van der Waals surface area contributed by atoms with E-state index in [2.05, 4.69) is 67.6 Å². The SMILES string of the molecule is CCN(CC)c1ccc2cc(C(=O)CCCOCCOCCOCCOCCOCCOCCOCCOCCC(=O)NN)c(=O)oc2c1.CCN=C=NCCC[N+](C)(C)CCOCCOCCOCCOCCOCCOCCOCCCC(=O)c1cc2ccc(N(CC)CC)cc2oc1=O.[I-]. The van der Waals surface area contributed by atoms with Crippen molar-refractivity contribution in [2.24, 2.45) is 15.8 Å². The van der Waals surface area contributed by atoms with Crippen molar-refractivity contribution >= 4 is 56.8 Å². The third-order valence-electron chi connectivity index (χ3n) is 15.3. The molecule has 2 heterocycles. The minimum absolute atomic E-state index is 0. The number of Topliss-reactive ketones (excluding diaryl/α,β-unsaturated/α-hetero) is 2. The van der Waals surface area contributed by atoms with E-state index in [9.17, 15) is 24.0 Å². The second-order valence-corrected chi connectivity index (χ2v) is 23.4. The van der Waals surface area contributed by atoms with E-state index in [1.165, 1.54) is 0 Å². The summed E-state index contributed by atoms with van der Waals surface area (Å²) < 4.78 is 94.2. The summed E-state index contributed by atoms with van der Waals surface area (Å²) in [7, 11) is 4.40. The predicted molar refractivity (Wildman–Crippen MR) is 390 cm³/mol. The van der Waals surface area contributed by atoms with E-state index in [0.29, 0.717) is 222 Å². The minimum atomic E-state index is -0.614. The third-order valence-corrected chi connectivity index (χ3v) is 15.3. The Bertz CT molecular complexity index is 3000. The smallest absolute Gasteiger partial charge is 0.347 e. The summed E-state index contributed by atoms with van der Waals surface area (Å²) in [5.41, 5.74) is 3.87. The summed E-state index contributed by atoms with van der Waals surface area (Å²) in [6.45, 7) is 30.9. The molecule has 0 bridgehead atoms. The van der Waals surface area contributed by atoms with Crippen molar-refractivity contribution in [2.45, 2.75) is 73.1 Å². The number of rotatable bonds is 66. The zero-order chi connectivity index (χ0) is 73.8. The number of hydrogen-bond donors (Lipinski definition) is 2. The molecule has 30 heteroatoms. The zero-order valence-electron chi connectivity index (χ0n) is 62.4. The first-order chi connectivity index (χ1) is 49.8. The molecule has 0 saturated heterocycles. The fourth-order valence-electron chi connectivity index (χ4n) is 9.57. The Kier molecular flexibility index (Phi) is 57.2. The molecule has 0 atom stereocenters. The summed E-state index contributed by atoms with van der Waals surface area (Å²) in [5.74, 6) is 4.21. The average Bonchev–Trinajstić information content (AvgIpc) is 0.808.